The number of aromatic nitrogens is 1. The molecule has 2 heterocycles. The number of nitrogens with zero attached hydrogens (tertiary/aromatic N) is 2. The minimum absolute atomic E-state index is 0.0532. The molecule has 1 amide bonds. The molecule has 6 nitrogen and oxygen atoms in total. The Kier molecular flexibility index (Phi) is 6.21. The van der Waals surface area contributed by atoms with Crippen LogP contribution in [0.1, 0.15) is 29.8 Å². The Labute approximate surface area is 184 Å². The molecule has 0 aliphatic carbocycles. The zero-order valence-corrected chi connectivity index (χ0v) is 18.6. The third-order valence-electron chi connectivity index (χ3n) is 5.42. The maximum atomic E-state index is 14.3. The number of hydrogen-bond donors (Lipinski definition) is 2. The van der Waals surface area contributed by atoms with Gasteiger partial charge in [0.25, 0.3) is 5.91 Å². The minimum Gasteiger partial charge on any atom is -0.367 e. The van der Waals surface area contributed by atoms with Crippen molar-refractivity contribution in [2.24, 2.45) is 0 Å². The van der Waals surface area contributed by atoms with Crippen molar-refractivity contribution < 1.29 is 22.4 Å². The maximum Gasteiger partial charge on any atom is 0.417 e. The van der Waals surface area contributed by atoms with Crippen molar-refractivity contribution in [1.82, 2.24) is 9.88 Å². The topological polar surface area (TPSA) is 68.4 Å². The molecule has 1 saturated heterocycles. The van der Waals surface area contributed by atoms with E-state index in [2.05, 4.69) is 31.1 Å². The number of piperazine rings is 1. The van der Waals surface area contributed by atoms with E-state index in [1.807, 2.05) is 25.8 Å². The van der Waals surface area contributed by atoms with Gasteiger partial charge in [-0.15, -0.1) is 0 Å². The van der Waals surface area contributed by atoms with E-state index in [-0.39, 0.29) is 15.7 Å². The van der Waals surface area contributed by atoms with Crippen LogP contribution in [-0.4, -0.2) is 48.0 Å². The number of likely N-dealkylation sites (N-methyl/N-ethyl adjacent to an activating group) is 1. The van der Waals surface area contributed by atoms with Gasteiger partial charge < -0.3 is 15.2 Å². The van der Waals surface area contributed by atoms with Crippen molar-refractivity contribution in [2.45, 2.75) is 25.6 Å². The van der Waals surface area contributed by atoms with Crippen molar-refractivity contribution in [3.05, 3.63) is 56.2 Å². The number of nitrogens with one attached hydrogen (secondary N) is 2. The van der Waals surface area contributed by atoms with E-state index in [0.717, 1.165) is 6.20 Å². The Balaban J connectivity index is 2.00. The highest BCUT2D eigenvalue weighted by Gasteiger charge is 2.36. The number of pyridine rings is 1. The van der Waals surface area contributed by atoms with E-state index in [0.29, 0.717) is 31.4 Å². The number of carbonyl (C=O) groups excluding carboxylic acids is 1. The first-order valence-electron chi connectivity index (χ1n) is 9.36. The lowest BCUT2D eigenvalue weighted by molar-refractivity contribution is -0.138. The second-order valence-corrected chi connectivity index (χ2v) is 8.87. The Hall–Kier alpha value is -2.40. The normalized spacial score (nSPS) is 17.0. The van der Waals surface area contributed by atoms with Crippen LogP contribution in [0.2, 0.25) is 0 Å². The van der Waals surface area contributed by atoms with Gasteiger partial charge in [0.2, 0.25) is 5.56 Å². The van der Waals surface area contributed by atoms with Crippen molar-refractivity contribution >= 4 is 33.2 Å². The van der Waals surface area contributed by atoms with Gasteiger partial charge in [0.1, 0.15) is 5.82 Å². The number of hydrogen-bond acceptors (Lipinski definition) is 4. The van der Waals surface area contributed by atoms with Gasteiger partial charge in [0.05, 0.1) is 27.0 Å². The first-order valence-corrected chi connectivity index (χ1v) is 10.2. The van der Waals surface area contributed by atoms with Crippen LogP contribution in [0.15, 0.2) is 33.7 Å². The summed E-state index contributed by atoms with van der Waals surface area (Å²) in [5, 5.41) is 2.45. The van der Waals surface area contributed by atoms with Crippen LogP contribution in [0.3, 0.4) is 0 Å². The van der Waals surface area contributed by atoms with Crippen molar-refractivity contribution in [1.29, 1.82) is 0 Å². The molecule has 0 bridgehead atoms. The molecular formula is C20H21BrF4N4O2. The number of amides is 1. The predicted octanol–water partition coefficient (Wildman–Crippen LogP) is 4.08. The second kappa shape index (κ2) is 8.27. The van der Waals surface area contributed by atoms with Crippen LogP contribution < -0.4 is 15.8 Å². The lowest BCUT2D eigenvalue weighted by Crippen LogP contribution is -2.57. The number of anilines is 2. The number of rotatable bonds is 3. The van der Waals surface area contributed by atoms with Gasteiger partial charge in [-0.2, -0.15) is 13.2 Å². The average Bonchev–Trinajstić information content (AvgIpc) is 2.65. The zero-order chi connectivity index (χ0) is 23.1. The molecule has 1 fully saturated rings. The van der Waals surface area contributed by atoms with E-state index >= 15 is 0 Å². The second-order valence-electron chi connectivity index (χ2n) is 8.02. The summed E-state index contributed by atoms with van der Waals surface area (Å²) in [6, 6.07) is 2.88. The van der Waals surface area contributed by atoms with E-state index in [1.165, 1.54) is 12.1 Å². The van der Waals surface area contributed by atoms with Gasteiger partial charge in [0.15, 0.2) is 0 Å². The SMILES string of the molecule is CN1CCN(c2cc(F)c(Br)cc2NC(=O)c2c[nH]c(=O)cc2C(F)(F)F)CC1(C)C. The lowest BCUT2D eigenvalue weighted by Gasteiger charge is -2.46. The summed E-state index contributed by atoms with van der Waals surface area (Å²) in [4.78, 5) is 30.2. The summed E-state index contributed by atoms with van der Waals surface area (Å²) in [5.74, 6) is -1.64. The number of benzene rings is 1. The van der Waals surface area contributed by atoms with Crippen LogP contribution in [0.4, 0.5) is 28.9 Å². The van der Waals surface area contributed by atoms with Gasteiger partial charge in [-0.1, -0.05) is 0 Å². The molecule has 2 N–H and O–H groups in total. The van der Waals surface area contributed by atoms with Gasteiger partial charge in [0, 0.05) is 43.5 Å². The first kappa shape index (κ1) is 23.3. The Morgan fingerprint density at radius 1 is 1.23 bits per heavy atom. The molecule has 31 heavy (non-hydrogen) atoms. The molecular weight excluding hydrogens is 484 g/mol. The predicted molar refractivity (Wildman–Crippen MR) is 113 cm³/mol. The fourth-order valence-corrected chi connectivity index (χ4v) is 3.77. The monoisotopic (exact) mass is 504 g/mol. The van der Waals surface area contributed by atoms with Gasteiger partial charge in [-0.25, -0.2) is 4.39 Å². The highest BCUT2D eigenvalue weighted by atomic mass is 79.9. The zero-order valence-electron chi connectivity index (χ0n) is 17.0. The molecule has 0 radical (unpaired) electrons. The number of halogens is 5. The Bertz CT molecular complexity index is 1070. The standard InChI is InChI=1S/C20H21BrF4N4O2/c1-19(2)10-29(5-4-28(19)3)16-8-14(22)13(21)7-15(16)27-18(31)11-9-26-17(30)6-12(11)20(23,24)25/h6-9H,4-5,10H2,1-3H3,(H,26,30)(H,27,31). The molecule has 11 heteroatoms. The molecule has 0 saturated carbocycles. The van der Waals surface area contributed by atoms with Gasteiger partial charge in [-0.3, -0.25) is 14.5 Å². The highest BCUT2D eigenvalue weighted by molar-refractivity contribution is 9.10. The van der Waals surface area contributed by atoms with Crippen LogP contribution in [0.25, 0.3) is 0 Å². The molecule has 1 aromatic carbocycles. The molecule has 0 unspecified atom stereocenters. The van der Waals surface area contributed by atoms with E-state index < -0.39 is 34.6 Å². The largest absolute Gasteiger partial charge is 0.417 e. The van der Waals surface area contributed by atoms with Crippen molar-refractivity contribution in [3.8, 4) is 0 Å². The summed E-state index contributed by atoms with van der Waals surface area (Å²) in [6.07, 6.45) is -4.17. The quantitative estimate of drug-likeness (QED) is 0.618. The Morgan fingerprint density at radius 3 is 2.52 bits per heavy atom. The highest BCUT2D eigenvalue weighted by Crippen LogP contribution is 2.36. The third-order valence-corrected chi connectivity index (χ3v) is 6.03. The number of alkyl halides is 3. The maximum absolute atomic E-state index is 14.3. The molecule has 3 rings (SSSR count). The van der Waals surface area contributed by atoms with Gasteiger partial charge in [-0.05, 0) is 42.9 Å². The number of H-pyrrole nitrogens is 1. The van der Waals surface area contributed by atoms with Crippen LogP contribution in [0, 0.1) is 5.82 Å². The van der Waals surface area contributed by atoms with Crippen LogP contribution in [0.5, 0.6) is 0 Å². The van der Waals surface area contributed by atoms with Gasteiger partial charge >= 0.3 is 6.18 Å². The van der Waals surface area contributed by atoms with Crippen LogP contribution in [-0.2, 0) is 6.18 Å². The molecule has 1 aromatic heterocycles. The third kappa shape index (κ3) is 4.93. The number of aromatic amines is 1. The smallest absolute Gasteiger partial charge is 0.367 e. The first-order chi connectivity index (χ1) is 14.3. The summed E-state index contributed by atoms with van der Waals surface area (Å²) in [5.41, 5.74) is -2.81. The number of carbonyl (C=O) groups is 1. The summed E-state index contributed by atoms with van der Waals surface area (Å²) < 4.78 is 54.4. The molecule has 1 aliphatic rings. The van der Waals surface area contributed by atoms with E-state index in [4.69, 9.17) is 0 Å². The molecule has 0 atom stereocenters. The fourth-order valence-electron chi connectivity index (χ4n) is 3.43. The minimum atomic E-state index is -4.89. The summed E-state index contributed by atoms with van der Waals surface area (Å²) >= 11 is 3.06. The average molecular weight is 505 g/mol. The molecule has 168 valence electrons. The van der Waals surface area contributed by atoms with Crippen LogP contribution >= 0.6 is 15.9 Å². The Morgan fingerprint density at radius 2 is 1.90 bits per heavy atom. The van der Waals surface area contributed by atoms with Crippen molar-refractivity contribution in [2.75, 3.05) is 36.9 Å². The fraction of sp³-hybridized carbons (Fsp3) is 0.400. The summed E-state index contributed by atoms with van der Waals surface area (Å²) in [6.45, 7) is 5.76. The molecule has 0 spiro atoms. The molecule has 1 aliphatic heterocycles. The van der Waals surface area contributed by atoms with Crippen molar-refractivity contribution in [3.63, 3.8) is 0 Å². The molecule has 2 aromatic rings. The van der Waals surface area contributed by atoms with E-state index in [9.17, 15) is 27.2 Å². The lowest BCUT2D eigenvalue weighted by atomic mass is 9.99. The van der Waals surface area contributed by atoms with E-state index in [1.54, 1.807) is 0 Å². The summed E-state index contributed by atoms with van der Waals surface area (Å²) in [7, 11) is 1.97.